The van der Waals surface area contributed by atoms with Crippen molar-refractivity contribution < 1.29 is 17.2 Å². The predicted octanol–water partition coefficient (Wildman–Crippen LogP) is 2.22. The fourth-order valence-electron chi connectivity index (χ4n) is 3.46. The highest BCUT2D eigenvalue weighted by atomic mass is 31.2. The van der Waals surface area contributed by atoms with Crippen molar-refractivity contribution in [3.63, 3.8) is 0 Å². The number of hydrogen-bond donors (Lipinski definition) is 0. The van der Waals surface area contributed by atoms with Crippen LogP contribution in [0, 0.1) is 41.5 Å². The Balaban J connectivity index is 1.80. The lowest BCUT2D eigenvalue weighted by Crippen LogP contribution is -2.27. The Morgan fingerprint density at radius 1 is 0.531 bits per heavy atom. The van der Waals surface area contributed by atoms with Gasteiger partial charge in [-0.1, -0.05) is 54.6 Å². The molecule has 0 aliphatic heterocycles. The molecular formula is C24H33O4PSi3. The zero-order valence-corrected chi connectivity index (χ0v) is 25.0. The van der Waals surface area contributed by atoms with Crippen LogP contribution in [0.25, 0.3) is 0 Å². The Labute approximate surface area is 199 Å². The first-order valence-electron chi connectivity index (χ1n) is 10.9. The molecule has 0 saturated heterocycles. The highest BCUT2D eigenvalue weighted by Crippen LogP contribution is 2.48. The van der Waals surface area contributed by atoms with Crippen LogP contribution in [0.4, 0.5) is 0 Å². The molecule has 0 aliphatic carbocycles. The maximum absolute atomic E-state index is 13.8. The maximum atomic E-state index is 13.8. The second-order valence-corrected chi connectivity index (χ2v) is 15.5. The highest BCUT2D eigenvalue weighted by molar-refractivity contribution is 7.52. The second kappa shape index (κ2) is 11.0. The fraction of sp³-hybridized carbons (Fsp3) is 0.250. The zero-order valence-electron chi connectivity index (χ0n) is 19.9. The molecule has 3 aromatic rings. The van der Waals surface area contributed by atoms with Gasteiger partial charge in [-0.05, 0) is 90.5 Å². The lowest BCUT2D eigenvalue weighted by molar-refractivity contribution is 0.320. The number of rotatable bonds is 9. The Kier molecular flexibility index (Phi) is 8.63. The van der Waals surface area contributed by atoms with E-state index >= 15 is 0 Å². The van der Waals surface area contributed by atoms with Gasteiger partial charge in [0.15, 0.2) is 0 Å². The van der Waals surface area contributed by atoms with Gasteiger partial charge in [0.05, 0.1) is 0 Å². The van der Waals surface area contributed by atoms with E-state index in [9.17, 15) is 4.57 Å². The van der Waals surface area contributed by atoms with Crippen LogP contribution < -0.4 is 15.6 Å². The highest BCUT2D eigenvalue weighted by Gasteiger charge is 2.27. The van der Waals surface area contributed by atoms with Crippen LogP contribution >= 0.6 is 7.82 Å². The molecule has 32 heavy (non-hydrogen) atoms. The normalized spacial score (nSPS) is 14.3. The minimum atomic E-state index is -3.64. The van der Waals surface area contributed by atoms with Crippen molar-refractivity contribution in [2.75, 3.05) is 0 Å². The van der Waals surface area contributed by atoms with Gasteiger partial charge in [-0.2, -0.15) is 0 Å². The van der Waals surface area contributed by atoms with E-state index in [0.29, 0.717) is 0 Å². The number of hydrogen-bond acceptors (Lipinski definition) is 4. The summed E-state index contributed by atoms with van der Waals surface area (Å²) in [5, 5.41) is 3.41. The third kappa shape index (κ3) is 6.26. The van der Waals surface area contributed by atoms with Gasteiger partial charge < -0.3 is 12.6 Å². The Morgan fingerprint density at radius 2 is 0.812 bits per heavy atom. The maximum Gasteiger partial charge on any atom is 0.444 e. The molecule has 0 spiro atoms. The van der Waals surface area contributed by atoms with E-state index in [0.717, 1.165) is 15.6 Å². The molecule has 0 N–H and O–H groups in total. The molecule has 170 valence electrons. The molecule has 0 unspecified atom stereocenters. The van der Waals surface area contributed by atoms with Gasteiger partial charge in [-0.15, -0.1) is 0 Å². The van der Waals surface area contributed by atoms with Gasteiger partial charge in [0.1, 0.15) is 0 Å². The molecule has 8 heteroatoms. The monoisotopic (exact) mass is 500 g/mol. The summed E-state index contributed by atoms with van der Waals surface area (Å²) in [6.07, 6.45) is 0. The summed E-state index contributed by atoms with van der Waals surface area (Å²) >= 11 is 0. The van der Waals surface area contributed by atoms with Crippen molar-refractivity contribution >= 4 is 52.7 Å². The predicted molar refractivity (Wildman–Crippen MR) is 143 cm³/mol. The van der Waals surface area contributed by atoms with Crippen LogP contribution in [-0.4, -0.2) is 29.3 Å². The molecule has 0 amide bonds. The average molecular weight is 501 g/mol. The van der Waals surface area contributed by atoms with E-state index in [2.05, 4.69) is 77.9 Å². The lowest BCUT2D eigenvalue weighted by Gasteiger charge is -2.21. The SMILES string of the molecule is Cc1cccc([SiH2]OP(=O)(O[SiH2]c2cccc(C)c2C)O[SiH2]c2cccc(C)c2C)c1C. The van der Waals surface area contributed by atoms with E-state index in [1.165, 1.54) is 33.4 Å². The van der Waals surface area contributed by atoms with Gasteiger partial charge in [0.25, 0.3) is 0 Å². The third-order valence-corrected chi connectivity index (χ3v) is 14.9. The first-order chi connectivity index (χ1) is 15.2. The summed E-state index contributed by atoms with van der Waals surface area (Å²) in [5.41, 5.74) is 7.23. The van der Waals surface area contributed by atoms with Crippen molar-refractivity contribution in [3.05, 3.63) is 88.0 Å². The number of benzene rings is 3. The molecule has 0 radical (unpaired) electrons. The molecule has 0 aliphatic rings. The largest absolute Gasteiger partial charge is 0.444 e. The second-order valence-electron chi connectivity index (χ2n) is 8.34. The molecular weight excluding hydrogens is 467 g/mol. The van der Waals surface area contributed by atoms with Gasteiger partial charge >= 0.3 is 7.82 Å². The van der Waals surface area contributed by atoms with Gasteiger partial charge in [0.2, 0.25) is 29.3 Å². The van der Waals surface area contributed by atoms with Crippen LogP contribution in [0.2, 0.25) is 0 Å². The first-order valence-corrected chi connectivity index (χ1v) is 16.2. The van der Waals surface area contributed by atoms with Crippen LogP contribution in [-0.2, 0) is 17.2 Å². The van der Waals surface area contributed by atoms with Crippen LogP contribution in [0.1, 0.15) is 33.4 Å². The van der Waals surface area contributed by atoms with E-state index in [4.69, 9.17) is 12.6 Å². The van der Waals surface area contributed by atoms with Crippen molar-refractivity contribution in [1.82, 2.24) is 0 Å². The molecule has 0 heterocycles. The molecule has 0 aromatic heterocycles. The van der Waals surface area contributed by atoms with E-state index in [1.54, 1.807) is 0 Å². The summed E-state index contributed by atoms with van der Waals surface area (Å²) in [5.74, 6) is 0. The third-order valence-electron chi connectivity index (χ3n) is 6.28. The molecule has 4 nitrogen and oxygen atoms in total. The summed E-state index contributed by atoms with van der Waals surface area (Å²) in [7, 11) is -7.45. The lowest BCUT2D eigenvalue weighted by atomic mass is 10.1. The van der Waals surface area contributed by atoms with Crippen molar-refractivity contribution in [2.45, 2.75) is 41.5 Å². The fourth-order valence-corrected chi connectivity index (χ4v) is 12.1. The van der Waals surface area contributed by atoms with Crippen LogP contribution in [0.3, 0.4) is 0 Å². The quantitative estimate of drug-likeness (QED) is 0.334. The summed E-state index contributed by atoms with van der Waals surface area (Å²) in [4.78, 5) is 0. The van der Waals surface area contributed by atoms with E-state index < -0.39 is 37.1 Å². The minimum absolute atomic E-state index is 1.14. The Hall–Kier alpha value is -1.58. The van der Waals surface area contributed by atoms with E-state index in [1.807, 2.05) is 18.2 Å². The molecule has 3 rings (SSSR count). The summed E-state index contributed by atoms with van der Waals surface area (Å²) < 4.78 is 31.9. The molecule has 0 fully saturated rings. The number of phosphoric acid groups is 1. The smallest absolute Gasteiger partial charge is 0.333 e. The molecule has 3 aromatic carbocycles. The minimum Gasteiger partial charge on any atom is -0.333 e. The Morgan fingerprint density at radius 3 is 1.09 bits per heavy atom. The van der Waals surface area contributed by atoms with Gasteiger partial charge in [-0.25, -0.2) is 4.57 Å². The number of aryl methyl sites for hydroxylation is 3. The van der Waals surface area contributed by atoms with Crippen LogP contribution in [0.5, 0.6) is 0 Å². The van der Waals surface area contributed by atoms with Crippen LogP contribution in [0.15, 0.2) is 54.6 Å². The molecule has 0 atom stereocenters. The van der Waals surface area contributed by atoms with Gasteiger partial charge in [0, 0.05) is 0 Å². The summed E-state index contributed by atoms with van der Waals surface area (Å²) in [6.45, 7) is 12.5. The van der Waals surface area contributed by atoms with Crippen molar-refractivity contribution in [3.8, 4) is 0 Å². The van der Waals surface area contributed by atoms with Gasteiger partial charge in [-0.3, -0.25) is 0 Å². The standard InChI is InChI=1S/C24H33O4PSi3/c1-16-10-7-13-22(19(16)4)30-26-29(25,27-31-23-14-8-11-17(2)20(23)5)28-32-24-15-9-12-18(3)21(24)6/h7-15H,30-32H2,1-6H3. The molecule has 0 saturated carbocycles. The Bertz CT molecular complexity index is 1010. The topological polar surface area (TPSA) is 44.8 Å². The zero-order chi connectivity index (χ0) is 23.3. The van der Waals surface area contributed by atoms with Crippen molar-refractivity contribution in [2.24, 2.45) is 0 Å². The summed E-state index contributed by atoms with van der Waals surface area (Å²) in [6, 6.07) is 18.5. The molecule has 0 bridgehead atoms. The average Bonchev–Trinajstić information content (AvgIpc) is 2.77. The van der Waals surface area contributed by atoms with E-state index in [-0.39, 0.29) is 0 Å². The first kappa shape index (κ1) is 25.1. The van der Waals surface area contributed by atoms with Crippen molar-refractivity contribution in [1.29, 1.82) is 0 Å².